The maximum absolute atomic E-state index is 5.42. The predicted octanol–water partition coefficient (Wildman–Crippen LogP) is 3.93. The van der Waals surface area contributed by atoms with Gasteiger partial charge in [0.15, 0.2) is 0 Å². The van der Waals surface area contributed by atoms with E-state index in [-0.39, 0.29) is 0 Å². The van der Waals surface area contributed by atoms with Gasteiger partial charge in [0.2, 0.25) is 0 Å². The minimum Gasteiger partial charge on any atom is -0.353 e. The molecule has 3 heteroatoms. The summed E-state index contributed by atoms with van der Waals surface area (Å²) < 4.78 is 0.910. The fraction of sp³-hybridized carbons (Fsp3) is 0.643. The van der Waals surface area contributed by atoms with Crippen molar-refractivity contribution in [3.05, 3.63) is 28.5 Å². The Hall–Kier alpha value is -0.670. The number of nitrogens with one attached hydrogen (secondary N) is 1. The molecule has 1 aromatic heterocycles. The van der Waals surface area contributed by atoms with Crippen LogP contribution in [0.15, 0.2) is 18.3 Å². The Bertz CT molecular complexity index is 411. The molecule has 1 aliphatic heterocycles. The molecule has 0 aromatic carbocycles. The first-order chi connectivity index (χ1) is 8.18. The van der Waals surface area contributed by atoms with Gasteiger partial charge in [-0.3, -0.25) is 4.90 Å². The number of aromatic amines is 1. The molecular weight excluding hydrogens is 228 g/mol. The van der Waals surface area contributed by atoms with Crippen molar-refractivity contribution in [2.45, 2.75) is 39.2 Å². The van der Waals surface area contributed by atoms with Gasteiger partial charge in [-0.15, -0.1) is 0 Å². The largest absolute Gasteiger partial charge is 0.353 e. The zero-order valence-corrected chi connectivity index (χ0v) is 11.6. The molecule has 1 aromatic rings. The Morgan fingerprint density at radius 2 is 2.29 bits per heavy atom. The van der Waals surface area contributed by atoms with Crippen molar-refractivity contribution in [3.8, 4) is 0 Å². The first kappa shape index (κ1) is 12.8. The Morgan fingerprint density at radius 3 is 3.00 bits per heavy atom. The quantitative estimate of drug-likeness (QED) is 0.820. The molecule has 1 fully saturated rings. The van der Waals surface area contributed by atoms with Crippen molar-refractivity contribution in [1.82, 2.24) is 9.88 Å². The summed E-state index contributed by atoms with van der Waals surface area (Å²) in [4.78, 5) is 5.76. The van der Waals surface area contributed by atoms with Crippen LogP contribution in [0.1, 0.15) is 44.7 Å². The van der Waals surface area contributed by atoms with Crippen molar-refractivity contribution >= 4 is 12.2 Å². The van der Waals surface area contributed by atoms with Crippen LogP contribution in [0.3, 0.4) is 0 Å². The molecule has 1 unspecified atom stereocenters. The van der Waals surface area contributed by atoms with Gasteiger partial charge in [-0.25, -0.2) is 0 Å². The average Bonchev–Trinajstić information content (AvgIpc) is 2.30. The maximum Gasteiger partial charge on any atom is 0.108 e. The molecule has 0 saturated carbocycles. The molecule has 0 bridgehead atoms. The van der Waals surface area contributed by atoms with Gasteiger partial charge in [-0.05, 0) is 31.4 Å². The summed E-state index contributed by atoms with van der Waals surface area (Å²) in [5.74, 6) is 0.719. The molecule has 0 aliphatic carbocycles. The second-order valence-electron chi connectivity index (χ2n) is 5.35. The highest BCUT2D eigenvalue weighted by Crippen LogP contribution is 2.31. The fourth-order valence-corrected chi connectivity index (χ4v) is 3.00. The highest BCUT2D eigenvalue weighted by atomic mass is 32.1. The van der Waals surface area contributed by atoms with Crippen LogP contribution in [0.2, 0.25) is 0 Å². The van der Waals surface area contributed by atoms with Gasteiger partial charge in [-0.2, -0.15) is 0 Å². The second kappa shape index (κ2) is 5.78. The smallest absolute Gasteiger partial charge is 0.108 e. The molecule has 1 aliphatic rings. The van der Waals surface area contributed by atoms with E-state index >= 15 is 0 Å². The number of aromatic nitrogens is 1. The molecule has 0 amide bonds. The molecule has 1 atom stereocenters. The van der Waals surface area contributed by atoms with Gasteiger partial charge >= 0.3 is 0 Å². The second-order valence-corrected chi connectivity index (χ2v) is 5.76. The molecule has 1 N–H and O–H groups in total. The van der Waals surface area contributed by atoms with Crippen LogP contribution < -0.4 is 0 Å². The number of piperidine rings is 1. The number of pyridine rings is 1. The summed E-state index contributed by atoms with van der Waals surface area (Å²) in [7, 11) is 0. The molecule has 1 saturated heterocycles. The molecule has 2 heterocycles. The summed E-state index contributed by atoms with van der Waals surface area (Å²) in [5, 5.41) is 0. The lowest BCUT2D eigenvalue weighted by molar-refractivity contribution is 0.132. The predicted molar refractivity (Wildman–Crippen MR) is 74.6 cm³/mol. The van der Waals surface area contributed by atoms with Crippen LogP contribution in [-0.4, -0.2) is 23.0 Å². The van der Waals surface area contributed by atoms with Gasteiger partial charge < -0.3 is 4.98 Å². The fourth-order valence-electron chi connectivity index (χ4n) is 2.73. The highest BCUT2D eigenvalue weighted by Gasteiger charge is 2.24. The standard InChI is InChI=1S/C14H22N2S/c1-11(2)10-16-9-4-3-7-13(16)12-6-5-8-15-14(12)17/h5-6,8,11,13H,3-4,7,9-10H2,1-2H3,(H,15,17). The van der Waals surface area contributed by atoms with Crippen LogP contribution in [0.5, 0.6) is 0 Å². The number of nitrogens with zero attached hydrogens (tertiary/aromatic N) is 1. The molecule has 0 radical (unpaired) electrons. The van der Waals surface area contributed by atoms with E-state index in [1.807, 2.05) is 6.20 Å². The SMILES string of the molecule is CC(C)CN1CCCCC1c1ccc[nH]c1=S. The summed E-state index contributed by atoms with van der Waals surface area (Å²) in [6.07, 6.45) is 5.81. The first-order valence-corrected chi connectivity index (χ1v) is 7.01. The molecule has 17 heavy (non-hydrogen) atoms. The third kappa shape index (κ3) is 3.17. The van der Waals surface area contributed by atoms with Gasteiger partial charge in [0, 0.05) is 24.3 Å². The average molecular weight is 250 g/mol. The third-order valence-corrected chi connectivity index (χ3v) is 3.77. The number of rotatable bonds is 3. The van der Waals surface area contributed by atoms with Crippen molar-refractivity contribution in [1.29, 1.82) is 0 Å². The Labute approximate surface area is 109 Å². The van der Waals surface area contributed by atoms with Crippen molar-refractivity contribution < 1.29 is 0 Å². The van der Waals surface area contributed by atoms with Gasteiger partial charge in [-0.1, -0.05) is 38.6 Å². The Balaban J connectivity index is 2.22. The van der Waals surface area contributed by atoms with Crippen LogP contribution in [-0.2, 0) is 0 Å². The maximum atomic E-state index is 5.42. The molecule has 0 spiro atoms. The minimum atomic E-state index is 0.524. The van der Waals surface area contributed by atoms with Crippen molar-refractivity contribution in [2.24, 2.45) is 5.92 Å². The molecule has 2 nitrogen and oxygen atoms in total. The highest BCUT2D eigenvalue weighted by molar-refractivity contribution is 7.71. The monoisotopic (exact) mass is 250 g/mol. The van der Waals surface area contributed by atoms with Gasteiger partial charge in [0.1, 0.15) is 4.64 Å². The number of H-pyrrole nitrogens is 1. The zero-order chi connectivity index (χ0) is 12.3. The lowest BCUT2D eigenvalue weighted by Crippen LogP contribution is -2.36. The van der Waals surface area contributed by atoms with Crippen LogP contribution >= 0.6 is 12.2 Å². The van der Waals surface area contributed by atoms with Gasteiger partial charge in [0.25, 0.3) is 0 Å². The van der Waals surface area contributed by atoms with E-state index in [4.69, 9.17) is 12.2 Å². The van der Waals surface area contributed by atoms with E-state index in [9.17, 15) is 0 Å². The van der Waals surface area contributed by atoms with E-state index < -0.39 is 0 Å². The van der Waals surface area contributed by atoms with Crippen molar-refractivity contribution in [3.63, 3.8) is 0 Å². The van der Waals surface area contributed by atoms with Crippen molar-refractivity contribution in [2.75, 3.05) is 13.1 Å². The molecular formula is C14H22N2S. The number of hydrogen-bond donors (Lipinski definition) is 1. The summed E-state index contributed by atoms with van der Waals surface area (Å²) in [5.41, 5.74) is 1.31. The van der Waals surface area contributed by atoms with E-state index in [2.05, 4.69) is 35.9 Å². The number of likely N-dealkylation sites (tertiary alicyclic amines) is 1. The minimum absolute atomic E-state index is 0.524. The van der Waals surface area contributed by atoms with Gasteiger partial charge in [0.05, 0.1) is 0 Å². The van der Waals surface area contributed by atoms with E-state index in [0.717, 1.165) is 10.6 Å². The van der Waals surface area contributed by atoms with Crippen LogP contribution in [0.4, 0.5) is 0 Å². The molecule has 94 valence electrons. The lowest BCUT2D eigenvalue weighted by atomic mass is 9.95. The van der Waals surface area contributed by atoms with E-state index in [1.54, 1.807) is 0 Å². The van der Waals surface area contributed by atoms with Crippen LogP contribution in [0.25, 0.3) is 0 Å². The topological polar surface area (TPSA) is 19.0 Å². The lowest BCUT2D eigenvalue weighted by Gasteiger charge is -2.37. The first-order valence-electron chi connectivity index (χ1n) is 6.60. The van der Waals surface area contributed by atoms with E-state index in [0.29, 0.717) is 6.04 Å². The Morgan fingerprint density at radius 1 is 1.47 bits per heavy atom. The van der Waals surface area contributed by atoms with E-state index in [1.165, 1.54) is 37.9 Å². The number of hydrogen-bond acceptors (Lipinski definition) is 2. The summed E-state index contributed by atoms with van der Waals surface area (Å²) >= 11 is 5.42. The third-order valence-electron chi connectivity index (χ3n) is 3.42. The Kier molecular flexibility index (Phi) is 4.35. The van der Waals surface area contributed by atoms with Crippen LogP contribution in [0, 0.1) is 10.6 Å². The molecule has 2 rings (SSSR count). The zero-order valence-electron chi connectivity index (χ0n) is 10.8. The summed E-state index contributed by atoms with van der Waals surface area (Å²) in [6, 6.07) is 4.77. The normalized spacial score (nSPS) is 21.9. The summed E-state index contributed by atoms with van der Waals surface area (Å²) in [6.45, 7) is 6.97.